The first kappa shape index (κ1) is 8.25. The second-order valence-corrected chi connectivity index (χ2v) is 5.26. The van der Waals surface area contributed by atoms with Crippen LogP contribution in [-0.4, -0.2) is 19.8 Å². The van der Waals surface area contributed by atoms with Gasteiger partial charge in [0, 0.05) is 5.41 Å². The van der Waals surface area contributed by atoms with Gasteiger partial charge in [-0.3, -0.25) is 0 Å². The first-order chi connectivity index (χ1) is 6.33. The molecule has 74 valence electrons. The molecule has 1 heterocycles. The lowest BCUT2D eigenvalue weighted by molar-refractivity contribution is -0.200. The van der Waals surface area contributed by atoms with Crippen molar-refractivity contribution in [1.29, 1.82) is 0 Å². The van der Waals surface area contributed by atoms with E-state index in [4.69, 9.17) is 10.5 Å². The van der Waals surface area contributed by atoms with Crippen molar-refractivity contribution in [3.63, 3.8) is 0 Å². The van der Waals surface area contributed by atoms with Gasteiger partial charge in [0.15, 0.2) is 0 Å². The van der Waals surface area contributed by atoms with Gasteiger partial charge in [0.2, 0.25) is 0 Å². The van der Waals surface area contributed by atoms with Gasteiger partial charge in [-0.05, 0) is 43.6 Å². The van der Waals surface area contributed by atoms with E-state index >= 15 is 0 Å². The van der Waals surface area contributed by atoms with Crippen LogP contribution in [0, 0.1) is 16.7 Å². The van der Waals surface area contributed by atoms with E-state index in [9.17, 15) is 0 Å². The Morgan fingerprint density at radius 2 is 1.92 bits per heavy atom. The second-order valence-electron chi connectivity index (χ2n) is 5.26. The van der Waals surface area contributed by atoms with Gasteiger partial charge in [-0.15, -0.1) is 0 Å². The maximum Gasteiger partial charge on any atom is 0.0553 e. The molecule has 0 bridgehead atoms. The van der Waals surface area contributed by atoms with Gasteiger partial charge in [-0.25, -0.2) is 0 Å². The molecule has 0 unspecified atom stereocenters. The summed E-state index contributed by atoms with van der Waals surface area (Å²) in [6, 6.07) is 0. The molecule has 1 aliphatic heterocycles. The predicted molar refractivity (Wildman–Crippen MR) is 51.3 cm³/mol. The Morgan fingerprint density at radius 3 is 2.15 bits per heavy atom. The molecule has 0 spiro atoms. The summed E-state index contributed by atoms with van der Waals surface area (Å²) < 4.78 is 5.47. The zero-order valence-electron chi connectivity index (χ0n) is 8.22. The molecule has 0 amide bonds. The van der Waals surface area contributed by atoms with E-state index in [-0.39, 0.29) is 0 Å². The lowest BCUT2D eigenvalue weighted by Gasteiger charge is -2.56. The highest BCUT2D eigenvalue weighted by molar-refractivity contribution is 5.14. The fourth-order valence-corrected chi connectivity index (χ4v) is 3.31. The summed E-state index contributed by atoms with van der Waals surface area (Å²) in [6.45, 7) is 2.91. The van der Waals surface area contributed by atoms with Gasteiger partial charge < -0.3 is 10.5 Å². The number of hydrogen-bond acceptors (Lipinski definition) is 2. The van der Waals surface area contributed by atoms with Gasteiger partial charge in [0.25, 0.3) is 0 Å². The predicted octanol–water partition coefficient (Wildman–Crippen LogP) is 1.54. The lowest BCUT2D eigenvalue weighted by Crippen LogP contribution is -2.58. The van der Waals surface area contributed by atoms with Crippen LogP contribution in [0.2, 0.25) is 0 Å². The SMILES string of the molecule is NCC1(C2(C3CCC3)COC2)CC1. The molecule has 3 rings (SSSR count). The normalized spacial score (nSPS) is 34.8. The van der Waals surface area contributed by atoms with Crippen molar-refractivity contribution < 1.29 is 4.74 Å². The summed E-state index contributed by atoms with van der Waals surface area (Å²) in [5, 5.41) is 0. The van der Waals surface area contributed by atoms with Crippen molar-refractivity contribution in [1.82, 2.24) is 0 Å². The van der Waals surface area contributed by atoms with Gasteiger partial charge in [-0.2, -0.15) is 0 Å². The van der Waals surface area contributed by atoms with Gasteiger partial charge >= 0.3 is 0 Å². The van der Waals surface area contributed by atoms with E-state index in [1.807, 2.05) is 0 Å². The molecule has 2 N–H and O–H groups in total. The number of hydrogen-bond donors (Lipinski definition) is 1. The van der Waals surface area contributed by atoms with Crippen LogP contribution in [0.1, 0.15) is 32.1 Å². The van der Waals surface area contributed by atoms with Crippen LogP contribution < -0.4 is 5.73 Å². The van der Waals surface area contributed by atoms with Crippen LogP contribution in [0.25, 0.3) is 0 Å². The third-order valence-corrected chi connectivity index (χ3v) is 4.91. The molecule has 2 aliphatic carbocycles. The van der Waals surface area contributed by atoms with E-state index in [0.29, 0.717) is 10.8 Å². The van der Waals surface area contributed by atoms with Crippen molar-refractivity contribution in [2.24, 2.45) is 22.5 Å². The highest BCUT2D eigenvalue weighted by atomic mass is 16.5. The summed E-state index contributed by atoms with van der Waals surface area (Å²) in [6.07, 6.45) is 7.04. The first-order valence-corrected chi connectivity index (χ1v) is 5.61. The molecule has 3 fully saturated rings. The molecule has 2 heteroatoms. The second kappa shape index (κ2) is 2.48. The molecule has 2 nitrogen and oxygen atoms in total. The smallest absolute Gasteiger partial charge is 0.0553 e. The highest BCUT2D eigenvalue weighted by Crippen LogP contribution is 2.67. The maximum atomic E-state index is 5.93. The zero-order chi connectivity index (χ0) is 8.94. The first-order valence-electron chi connectivity index (χ1n) is 5.61. The van der Waals surface area contributed by atoms with Crippen molar-refractivity contribution in [3.05, 3.63) is 0 Å². The fraction of sp³-hybridized carbons (Fsp3) is 1.00. The highest BCUT2D eigenvalue weighted by Gasteiger charge is 2.65. The van der Waals surface area contributed by atoms with Crippen LogP contribution in [0.4, 0.5) is 0 Å². The van der Waals surface area contributed by atoms with Crippen molar-refractivity contribution in [2.45, 2.75) is 32.1 Å². The Hall–Kier alpha value is -0.0800. The minimum Gasteiger partial charge on any atom is -0.380 e. The summed E-state index contributed by atoms with van der Waals surface area (Å²) in [5.74, 6) is 0.951. The summed E-state index contributed by atoms with van der Waals surface area (Å²) in [5.41, 5.74) is 6.96. The van der Waals surface area contributed by atoms with E-state index < -0.39 is 0 Å². The Morgan fingerprint density at radius 1 is 1.23 bits per heavy atom. The molecular formula is C11H19NO. The minimum absolute atomic E-state index is 0.510. The molecule has 3 aliphatic rings. The van der Waals surface area contributed by atoms with Crippen LogP contribution in [0.5, 0.6) is 0 Å². The largest absolute Gasteiger partial charge is 0.380 e. The molecule has 2 saturated carbocycles. The quantitative estimate of drug-likeness (QED) is 0.717. The van der Waals surface area contributed by atoms with Crippen molar-refractivity contribution in [3.8, 4) is 0 Å². The van der Waals surface area contributed by atoms with Gasteiger partial charge in [0.1, 0.15) is 0 Å². The molecule has 13 heavy (non-hydrogen) atoms. The third kappa shape index (κ3) is 0.861. The summed E-state index contributed by atoms with van der Waals surface area (Å²) in [7, 11) is 0. The van der Waals surface area contributed by atoms with Crippen molar-refractivity contribution in [2.75, 3.05) is 19.8 Å². The Bertz CT molecular complexity index is 214. The maximum absolute atomic E-state index is 5.93. The standard InChI is InChI=1S/C11H19NO/c12-6-10(4-5-10)11(7-13-8-11)9-2-1-3-9/h9H,1-8,12H2. The summed E-state index contributed by atoms with van der Waals surface area (Å²) >= 11 is 0. The molecule has 0 aromatic carbocycles. The molecule has 0 aromatic rings. The topological polar surface area (TPSA) is 35.2 Å². The number of nitrogens with two attached hydrogens (primary N) is 1. The van der Waals surface area contributed by atoms with Gasteiger partial charge in [-0.1, -0.05) is 6.42 Å². The summed E-state index contributed by atoms with van der Waals surface area (Å²) in [4.78, 5) is 0. The lowest BCUT2D eigenvalue weighted by atomic mass is 9.56. The zero-order valence-corrected chi connectivity index (χ0v) is 8.22. The Labute approximate surface area is 79.8 Å². The molecule has 0 radical (unpaired) electrons. The van der Waals surface area contributed by atoms with Crippen LogP contribution in [0.15, 0.2) is 0 Å². The fourth-order valence-electron chi connectivity index (χ4n) is 3.31. The average Bonchev–Trinajstić information content (AvgIpc) is 2.73. The third-order valence-electron chi connectivity index (χ3n) is 4.91. The number of ether oxygens (including phenoxy) is 1. The number of rotatable bonds is 3. The molecule has 0 aromatic heterocycles. The Kier molecular flexibility index (Phi) is 1.58. The van der Waals surface area contributed by atoms with E-state index in [2.05, 4.69) is 0 Å². The van der Waals surface area contributed by atoms with Crippen LogP contribution >= 0.6 is 0 Å². The van der Waals surface area contributed by atoms with E-state index in [0.717, 1.165) is 25.7 Å². The van der Waals surface area contributed by atoms with Crippen LogP contribution in [0.3, 0.4) is 0 Å². The van der Waals surface area contributed by atoms with E-state index in [1.165, 1.54) is 32.1 Å². The molecular weight excluding hydrogens is 162 g/mol. The minimum atomic E-state index is 0.510. The van der Waals surface area contributed by atoms with Crippen molar-refractivity contribution >= 4 is 0 Å². The molecule has 1 saturated heterocycles. The van der Waals surface area contributed by atoms with E-state index in [1.54, 1.807) is 0 Å². The van der Waals surface area contributed by atoms with Crippen LogP contribution in [-0.2, 0) is 4.74 Å². The molecule has 0 atom stereocenters. The van der Waals surface area contributed by atoms with Gasteiger partial charge in [0.05, 0.1) is 13.2 Å². The average molecular weight is 181 g/mol. The Balaban J connectivity index is 1.83. The monoisotopic (exact) mass is 181 g/mol.